The predicted molar refractivity (Wildman–Crippen MR) is 245 cm³/mol. The van der Waals surface area contributed by atoms with Gasteiger partial charge in [-0.15, -0.1) is 0 Å². The van der Waals surface area contributed by atoms with E-state index in [1.54, 1.807) is 0 Å². The van der Waals surface area contributed by atoms with Crippen LogP contribution < -0.4 is 25.6 Å². The number of rotatable bonds is 8. The summed E-state index contributed by atoms with van der Waals surface area (Å²) in [5.74, 6) is 0. The first-order valence-electron chi connectivity index (χ1n) is 19.7. The Morgan fingerprint density at radius 2 is 0.655 bits per heavy atom. The Morgan fingerprint density at radius 1 is 0.276 bits per heavy atom. The molecule has 3 nitrogen and oxygen atoms in total. The lowest BCUT2D eigenvalue weighted by atomic mass is 10.0. The number of nitrogens with zero attached hydrogens (tertiary/aromatic N) is 1. The Labute approximate surface area is 337 Å². The van der Waals surface area contributed by atoms with Crippen LogP contribution in [0.15, 0.2) is 233 Å². The van der Waals surface area contributed by atoms with Crippen LogP contribution in [-0.2, 0) is 0 Å². The average molecular weight is 760 g/mol. The number of para-hydroxylation sites is 2. The monoisotopic (exact) mass is 759 g/mol. The van der Waals surface area contributed by atoms with Gasteiger partial charge in [0.05, 0.1) is 0 Å². The van der Waals surface area contributed by atoms with Crippen LogP contribution in [0.5, 0.6) is 0 Å². The van der Waals surface area contributed by atoms with Crippen LogP contribution in [-0.4, -0.2) is 8.07 Å². The molecular formula is C54H37NO2Si. The summed E-state index contributed by atoms with van der Waals surface area (Å²) < 4.78 is 12.7. The van der Waals surface area contributed by atoms with Crippen molar-refractivity contribution in [2.45, 2.75) is 0 Å². The molecule has 58 heavy (non-hydrogen) atoms. The molecule has 0 aliphatic carbocycles. The van der Waals surface area contributed by atoms with Gasteiger partial charge in [-0.25, -0.2) is 0 Å². The summed E-state index contributed by atoms with van der Waals surface area (Å²) in [5.41, 5.74) is 8.92. The summed E-state index contributed by atoms with van der Waals surface area (Å²) in [6.45, 7) is 0. The normalized spacial score (nSPS) is 11.8. The highest BCUT2D eigenvalue weighted by atomic mass is 28.3. The molecule has 0 aliphatic rings. The van der Waals surface area contributed by atoms with Crippen molar-refractivity contribution in [1.29, 1.82) is 0 Å². The standard InChI is InChI=1S/C54H37NO2Si/c1-4-14-43(15-5-1)58(44-16-6-2-7-17-44,45-18-8-3-9-19-45)46-32-29-41(30-33-46)55(42-31-35-50-48-21-11-13-23-52(48)57-54(50)37-42)40-27-24-38(25-28-40)39-26-34-49-47-20-10-12-22-51(47)56-53(49)36-39/h1-37H. The first kappa shape index (κ1) is 33.9. The molecular weight excluding hydrogens is 723 g/mol. The van der Waals surface area contributed by atoms with E-state index in [1.165, 1.54) is 20.7 Å². The van der Waals surface area contributed by atoms with Crippen LogP contribution in [0.2, 0.25) is 0 Å². The van der Waals surface area contributed by atoms with E-state index in [0.717, 1.165) is 72.1 Å². The topological polar surface area (TPSA) is 29.5 Å². The van der Waals surface area contributed by atoms with E-state index in [4.69, 9.17) is 8.83 Å². The molecule has 11 aromatic rings. The van der Waals surface area contributed by atoms with E-state index in [-0.39, 0.29) is 0 Å². The van der Waals surface area contributed by atoms with Crippen molar-refractivity contribution in [2.75, 3.05) is 4.90 Å². The van der Waals surface area contributed by atoms with Gasteiger partial charge >= 0.3 is 0 Å². The number of benzene rings is 9. The molecule has 9 aromatic carbocycles. The zero-order valence-corrected chi connectivity index (χ0v) is 32.6. The van der Waals surface area contributed by atoms with Crippen molar-refractivity contribution in [2.24, 2.45) is 0 Å². The second-order valence-corrected chi connectivity index (χ2v) is 18.7. The molecule has 0 saturated heterocycles. The Balaban J connectivity index is 1.05. The molecule has 4 heteroatoms. The smallest absolute Gasteiger partial charge is 0.179 e. The summed E-state index contributed by atoms with van der Waals surface area (Å²) in [5, 5.41) is 9.87. The van der Waals surface area contributed by atoms with E-state index in [1.807, 2.05) is 24.3 Å². The van der Waals surface area contributed by atoms with Crippen LogP contribution in [0.4, 0.5) is 17.1 Å². The van der Waals surface area contributed by atoms with Crippen molar-refractivity contribution in [3.05, 3.63) is 224 Å². The van der Waals surface area contributed by atoms with Gasteiger partial charge in [-0.1, -0.05) is 158 Å². The van der Waals surface area contributed by atoms with Crippen molar-refractivity contribution >= 4 is 89.8 Å². The number of anilines is 3. The predicted octanol–water partition coefficient (Wildman–Crippen LogP) is 12.0. The molecule has 0 fully saturated rings. The maximum Gasteiger partial charge on any atom is 0.179 e. The quantitative estimate of drug-likeness (QED) is 0.114. The van der Waals surface area contributed by atoms with E-state index >= 15 is 0 Å². The molecule has 0 radical (unpaired) electrons. The molecule has 0 spiro atoms. The molecule has 274 valence electrons. The fourth-order valence-corrected chi connectivity index (χ4v) is 13.7. The lowest BCUT2D eigenvalue weighted by molar-refractivity contribution is 0.668. The maximum atomic E-state index is 6.43. The maximum absolute atomic E-state index is 6.43. The van der Waals surface area contributed by atoms with Crippen LogP contribution >= 0.6 is 0 Å². The third kappa shape index (κ3) is 5.57. The van der Waals surface area contributed by atoms with Gasteiger partial charge in [-0.3, -0.25) is 0 Å². The lowest BCUT2D eigenvalue weighted by Crippen LogP contribution is -2.74. The zero-order valence-electron chi connectivity index (χ0n) is 31.6. The SMILES string of the molecule is c1ccc([Si](c2ccccc2)(c2ccccc2)c2ccc(N(c3ccc(-c4ccc5c(c4)oc4ccccc45)cc3)c3ccc4c(c3)oc3ccccc34)cc2)cc1. The second kappa shape index (κ2) is 14.0. The highest BCUT2D eigenvalue weighted by molar-refractivity contribution is 7.19. The number of furan rings is 2. The molecule has 0 atom stereocenters. The highest BCUT2D eigenvalue weighted by Crippen LogP contribution is 2.39. The molecule has 0 unspecified atom stereocenters. The van der Waals surface area contributed by atoms with Gasteiger partial charge in [0.2, 0.25) is 0 Å². The molecule has 11 rings (SSSR count). The Morgan fingerprint density at radius 3 is 1.19 bits per heavy atom. The van der Waals surface area contributed by atoms with Crippen LogP contribution in [0, 0.1) is 0 Å². The van der Waals surface area contributed by atoms with E-state index in [0.29, 0.717) is 0 Å². The minimum atomic E-state index is -2.69. The fraction of sp³-hybridized carbons (Fsp3) is 0. The third-order valence-corrected chi connectivity index (χ3v) is 16.4. The fourth-order valence-electron chi connectivity index (χ4n) is 8.93. The Kier molecular flexibility index (Phi) is 8.16. The largest absolute Gasteiger partial charge is 0.456 e. The van der Waals surface area contributed by atoms with Gasteiger partial charge in [0.1, 0.15) is 22.3 Å². The molecule has 0 saturated carbocycles. The van der Waals surface area contributed by atoms with Crippen LogP contribution in [0.25, 0.3) is 55.0 Å². The van der Waals surface area contributed by atoms with Crippen LogP contribution in [0.1, 0.15) is 0 Å². The minimum Gasteiger partial charge on any atom is -0.456 e. The van der Waals surface area contributed by atoms with Gasteiger partial charge in [-0.05, 0) is 92.5 Å². The van der Waals surface area contributed by atoms with E-state index in [2.05, 4.69) is 205 Å². The number of hydrogen-bond donors (Lipinski definition) is 0. The van der Waals surface area contributed by atoms with E-state index in [9.17, 15) is 0 Å². The van der Waals surface area contributed by atoms with E-state index < -0.39 is 8.07 Å². The summed E-state index contributed by atoms with van der Waals surface area (Å²) >= 11 is 0. The molecule has 0 aliphatic heterocycles. The lowest BCUT2D eigenvalue weighted by Gasteiger charge is -2.35. The second-order valence-electron chi connectivity index (χ2n) is 14.9. The molecule has 2 aromatic heterocycles. The highest BCUT2D eigenvalue weighted by Gasteiger charge is 2.41. The Hall–Kier alpha value is -7.40. The van der Waals surface area contributed by atoms with Gasteiger partial charge in [-0.2, -0.15) is 0 Å². The first-order chi connectivity index (χ1) is 28.7. The van der Waals surface area contributed by atoms with Gasteiger partial charge in [0.15, 0.2) is 8.07 Å². The molecule has 0 bridgehead atoms. The number of hydrogen-bond acceptors (Lipinski definition) is 3. The van der Waals surface area contributed by atoms with Crippen molar-refractivity contribution in [3.63, 3.8) is 0 Å². The van der Waals surface area contributed by atoms with Gasteiger partial charge in [0.25, 0.3) is 0 Å². The van der Waals surface area contributed by atoms with Crippen molar-refractivity contribution in [1.82, 2.24) is 0 Å². The molecule has 0 amide bonds. The Bertz CT molecular complexity index is 3110. The zero-order chi connectivity index (χ0) is 38.5. The third-order valence-electron chi connectivity index (χ3n) is 11.6. The van der Waals surface area contributed by atoms with Crippen molar-refractivity contribution in [3.8, 4) is 11.1 Å². The summed E-state index contributed by atoms with van der Waals surface area (Å²) in [7, 11) is -2.69. The van der Waals surface area contributed by atoms with Crippen molar-refractivity contribution < 1.29 is 8.83 Å². The molecule has 0 N–H and O–H groups in total. The van der Waals surface area contributed by atoms with Gasteiger partial charge in [0, 0.05) is 44.7 Å². The summed E-state index contributed by atoms with van der Waals surface area (Å²) in [4.78, 5) is 2.33. The summed E-state index contributed by atoms with van der Waals surface area (Å²) in [6, 6.07) is 80.9. The first-order valence-corrected chi connectivity index (χ1v) is 21.7. The average Bonchev–Trinajstić information content (AvgIpc) is 3.86. The summed E-state index contributed by atoms with van der Waals surface area (Å²) in [6.07, 6.45) is 0. The molecule has 2 heterocycles. The van der Waals surface area contributed by atoms with Crippen LogP contribution in [0.3, 0.4) is 0 Å². The number of fused-ring (bicyclic) bond motifs is 6. The van der Waals surface area contributed by atoms with Gasteiger partial charge < -0.3 is 13.7 Å². The minimum absolute atomic E-state index is 0.861.